The highest BCUT2D eigenvalue weighted by Gasteiger charge is 2.35. The van der Waals surface area contributed by atoms with E-state index < -0.39 is 23.8 Å². The lowest BCUT2D eigenvalue weighted by atomic mass is 10.1. The summed E-state index contributed by atoms with van der Waals surface area (Å²) in [6, 6.07) is 1.75. The SMILES string of the molecule is Cc1c(C(=O)N(C)C)sc(NC(=O)[C@H](C)n2nc(C(F)(F)F)cc2C)c1C#N. The van der Waals surface area contributed by atoms with Crippen LogP contribution < -0.4 is 5.32 Å². The monoisotopic (exact) mass is 413 g/mol. The number of rotatable bonds is 4. The number of hydrogen-bond acceptors (Lipinski definition) is 5. The minimum absolute atomic E-state index is 0.143. The number of carbonyl (C=O) groups is 2. The van der Waals surface area contributed by atoms with Crippen LogP contribution in [0.15, 0.2) is 6.07 Å². The third kappa shape index (κ3) is 4.01. The number of aryl methyl sites for hydroxylation is 1. The lowest BCUT2D eigenvalue weighted by molar-refractivity contribution is -0.141. The minimum Gasteiger partial charge on any atom is -0.344 e. The summed E-state index contributed by atoms with van der Waals surface area (Å²) in [6.45, 7) is 4.40. The molecule has 0 saturated heterocycles. The van der Waals surface area contributed by atoms with Crippen LogP contribution in [0.5, 0.6) is 0 Å². The van der Waals surface area contributed by atoms with Gasteiger partial charge in [0, 0.05) is 19.8 Å². The normalized spacial score (nSPS) is 12.4. The largest absolute Gasteiger partial charge is 0.435 e. The number of halogens is 3. The molecule has 0 fully saturated rings. The molecule has 1 atom stereocenters. The number of thiophene rings is 1. The molecule has 7 nitrogen and oxygen atoms in total. The zero-order chi connectivity index (χ0) is 21.4. The average Bonchev–Trinajstić information content (AvgIpc) is 3.13. The molecule has 0 bridgehead atoms. The van der Waals surface area contributed by atoms with E-state index in [1.807, 2.05) is 6.07 Å². The van der Waals surface area contributed by atoms with E-state index in [-0.39, 0.29) is 22.2 Å². The Bertz CT molecular complexity index is 969. The quantitative estimate of drug-likeness (QED) is 0.832. The summed E-state index contributed by atoms with van der Waals surface area (Å²) in [7, 11) is 3.12. The van der Waals surface area contributed by atoms with Crippen molar-refractivity contribution in [2.75, 3.05) is 19.4 Å². The van der Waals surface area contributed by atoms with E-state index in [4.69, 9.17) is 0 Å². The molecule has 1 N–H and O–H groups in total. The van der Waals surface area contributed by atoms with Crippen molar-refractivity contribution in [1.82, 2.24) is 14.7 Å². The number of hydrogen-bond donors (Lipinski definition) is 1. The fourth-order valence-electron chi connectivity index (χ4n) is 2.49. The summed E-state index contributed by atoms with van der Waals surface area (Å²) in [5.74, 6) is -0.966. The van der Waals surface area contributed by atoms with Gasteiger partial charge in [0.05, 0.1) is 10.4 Å². The number of amides is 2. The Morgan fingerprint density at radius 2 is 1.96 bits per heavy atom. The van der Waals surface area contributed by atoms with Gasteiger partial charge in [0.25, 0.3) is 5.91 Å². The van der Waals surface area contributed by atoms with Gasteiger partial charge in [0.1, 0.15) is 17.1 Å². The van der Waals surface area contributed by atoms with E-state index >= 15 is 0 Å². The van der Waals surface area contributed by atoms with Crippen molar-refractivity contribution in [1.29, 1.82) is 5.26 Å². The number of alkyl halides is 3. The molecule has 0 spiro atoms. The van der Waals surface area contributed by atoms with Gasteiger partial charge in [-0.05, 0) is 32.4 Å². The first-order valence-electron chi connectivity index (χ1n) is 8.07. The molecule has 2 aromatic rings. The summed E-state index contributed by atoms with van der Waals surface area (Å²) >= 11 is 0.946. The molecule has 150 valence electrons. The van der Waals surface area contributed by atoms with E-state index in [1.165, 1.54) is 18.7 Å². The summed E-state index contributed by atoms with van der Waals surface area (Å²) in [5.41, 5.74) is -0.345. The fourth-order valence-corrected chi connectivity index (χ4v) is 3.67. The summed E-state index contributed by atoms with van der Waals surface area (Å²) in [4.78, 5) is 26.4. The predicted molar refractivity (Wildman–Crippen MR) is 97.1 cm³/mol. The van der Waals surface area contributed by atoms with E-state index in [9.17, 15) is 28.0 Å². The second kappa shape index (κ2) is 7.63. The number of nitriles is 1. The molecule has 0 aliphatic rings. The van der Waals surface area contributed by atoms with Gasteiger partial charge < -0.3 is 10.2 Å². The molecule has 0 radical (unpaired) electrons. The van der Waals surface area contributed by atoms with Crippen LogP contribution in [-0.4, -0.2) is 40.6 Å². The van der Waals surface area contributed by atoms with E-state index in [0.29, 0.717) is 10.4 Å². The predicted octanol–water partition coefficient (Wildman–Crippen LogP) is 3.35. The van der Waals surface area contributed by atoms with Gasteiger partial charge in [-0.1, -0.05) is 0 Å². The smallest absolute Gasteiger partial charge is 0.344 e. The highest BCUT2D eigenvalue weighted by Crippen LogP contribution is 2.34. The summed E-state index contributed by atoms with van der Waals surface area (Å²) in [6.07, 6.45) is -4.62. The van der Waals surface area contributed by atoms with Crippen LogP contribution in [0.1, 0.15) is 45.2 Å². The Hall–Kier alpha value is -2.87. The van der Waals surface area contributed by atoms with Gasteiger partial charge in [-0.15, -0.1) is 11.3 Å². The second-order valence-electron chi connectivity index (χ2n) is 6.35. The van der Waals surface area contributed by atoms with Gasteiger partial charge >= 0.3 is 6.18 Å². The maximum atomic E-state index is 12.8. The molecule has 0 aliphatic heterocycles. The Kier molecular flexibility index (Phi) is 5.84. The number of carbonyl (C=O) groups excluding carboxylic acids is 2. The Morgan fingerprint density at radius 1 is 1.36 bits per heavy atom. The first kappa shape index (κ1) is 21.4. The first-order chi connectivity index (χ1) is 12.9. The van der Waals surface area contributed by atoms with Crippen molar-refractivity contribution in [3.05, 3.63) is 33.5 Å². The van der Waals surface area contributed by atoms with Crippen molar-refractivity contribution in [2.45, 2.75) is 33.0 Å². The topological polar surface area (TPSA) is 91.0 Å². The molecule has 2 aromatic heterocycles. The van der Waals surface area contributed by atoms with Crippen LogP contribution in [0.25, 0.3) is 0 Å². The number of nitrogens with one attached hydrogen (secondary N) is 1. The number of nitrogens with zero attached hydrogens (tertiary/aromatic N) is 4. The Balaban J connectivity index is 2.33. The van der Waals surface area contributed by atoms with Crippen LogP contribution in [0, 0.1) is 25.2 Å². The fraction of sp³-hybridized carbons (Fsp3) is 0.412. The third-order valence-corrected chi connectivity index (χ3v) is 5.25. The van der Waals surface area contributed by atoms with Gasteiger partial charge in [-0.25, -0.2) is 0 Å². The van der Waals surface area contributed by atoms with Gasteiger partial charge in [-0.2, -0.15) is 23.5 Å². The molecule has 11 heteroatoms. The van der Waals surface area contributed by atoms with Gasteiger partial charge in [-0.3, -0.25) is 14.3 Å². The van der Waals surface area contributed by atoms with Crippen molar-refractivity contribution in [2.24, 2.45) is 0 Å². The second-order valence-corrected chi connectivity index (χ2v) is 7.37. The first-order valence-corrected chi connectivity index (χ1v) is 8.89. The van der Waals surface area contributed by atoms with E-state index in [0.717, 1.165) is 22.1 Å². The highest BCUT2D eigenvalue weighted by atomic mass is 32.1. The summed E-state index contributed by atoms with van der Waals surface area (Å²) in [5, 5.41) is 15.5. The van der Waals surface area contributed by atoms with Crippen molar-refractivity contribution in [3.63, 3.8) is 0 Å². The highest BCUT2D eigenvalue weighted by molar-refractivity contribution is 7.18. The maximum Gasteiger partial charge on any atom is 0.435 e. The summed E-state index contributed by atoms with van der Waals surface area (Å²) < 4.78 is 39.5. The van der Waals surface area contributed by atoms with Crippen LogP contribution in [-0.2, 0) is 11.0 Å². The average molecular weight is 413 g/mol. The molecular formula is C17H18F3N5O2S. The van der Waals surface area contributed by atoms with Crippen molar-refractivity contribution >= 4 is 28.2 Å². The molecular weight excluding hydrogens is 395 g/mol. The van der Waals surface area contributed by atoms with Crippen molar-refractivity contribution in [3.8, 4) is 6.07 Å². The zero-order valence-electron chi connectivity index (χ0n) is 15.8. The zero-order valence-corrected chi connectivity index (χ0v) is 16.6. The molecule has 0 saturated carbocycles. The molecule has 0 aliphatic carbocycles. The molecule has 2 heterocycles. The molecule has 2 rings (SSSR count). The number of aromatic nitrogens is 2. The Labute approximate surface area is 163 Å². The van der Waals surface area contributed by atoms with Crippen LogP contribution in [0.2, 0.25) is 0 Å². The molecule has 28 heavy (non-hydrogen) atoms. The maximum absolute atomic E-state index is 12.8. The Morgan fingerprint density at radius 3 is 2.43 bits per heavy atom. The minimum atomic E-state index is -4.62. The van der Waals surface area contributed by atoms with Crippen molar-refractivity contribution < 1.29 is 22.8 Å². The van der Waals surface area contributed by atoms with Crippen LogP contribution in [0.3, 0.4) is 0 Å². The lowest BCUT2D eigenvalue weighted by Crippen LogP contribution is -2.25. The van der Waals surface area contributed by atoms with E-state index in [2.05, 4.69) is 10.4 Å². The molecule has 0 unspecified atom stereocenters. The van der Waals surface area contributed by atoms with Crippen LogP contribution >= 0.6 is 11.3 Å². The standard InChI is InChI=1S/C17H18F3N5O2S/c1-8-6-12(17(18,19)20)23-25(8)10(3)14(26)22-15-11(7-21)9(2)13(28-15)16(27)24(4)5/h6,10H,1-5H3,(H,22,26)/t10-/m0/s1. The van der Waals surface area contributed by atoms with Gasteiger partial charge in [0.2, 0.25) is 5.91 Å². The third-order valence-electron chi connectivity index (χ3n) is 4.05. The number of anilines is 1. The van der Waals surface area contributed by atoms with Gasteiger partial charge in [0.15, 0.2) is 5.69 Å². The van der Waals surface area contributed by atoms with Crippen LogP contribution in [0.4, 0.5) is 18.2 Å². The molecule has 0 aromatic carbocycles. The molecule has 2 amide bonds. The van der Waals surface area contributed by atoms with E-state index in [1.54, 1.807) is 21.0 Å². The lowest BCUT2D eigenvalue weighted by Gasteiger charge is -2.14.